The van der Waals surface area contributed by atoms with Crippen LogP contribution in [0.4, 0.5) is 4.39 Å². The number of benzene rings is 1. The summed E-state index contributed by atoms with van der Waals surface area (Å²) < 4.78 is 12.9. The normalized spacial score (nSPS) is 21.3. The first kappa shape index (κ1) is 14.5. The number of hydrogen-bond donors (Lipinski definition) is 1. The van der Waals surface area contributed by atoms with Crippen molar-refractivity contribution in [3.05, 3.63) is 35.6 Å². The van der Waals surface area contributed by atoms with Crippen LogP contribution < -0.4 is 5.32 Å². The minimum Gasteiger partial charge on any atom is -0.316 e. The lowest BCUT2D eigenvalue weighted by Crippen LogP contribution is -2.38. The molecule has 1 aliphatic carbocycles. The maximum Gasteiger partial charge on any atom is 0.123 e. The highest BCUT2D eigenvalue weighted by Crippen LogP contribution is 2.39. The first-order valence-corrected chi connectivity index (χ1v) is 7.42. The lowest BCUT2D eigenvalue weighted by atomic mass is 9.70. The van der Waals surface area contributed by atoms with E-state index in [1.807, 2.05) is 19.2 Å². The topological polar surface area (TPSA) is 12.0 Å². The van der Waals surface area contributed by atoms with Crippen molar-refractivity contribution >= 4 is 0 Å². The van der Waals surface area contributed by atoms with Crippen molar-refractivity contribution in [1.82, 2.24) is 5.32 Å². The van der Waals surface area contributed by atoms with Crippen LogP contribution in [0.5, 0.6) is 0 Å². The van der Waals surface area contributed by atoms with E-state index in [0.717, 1.165) is 12.3 Å². The Morgan fingerprint density at radius 1 is 1.21 bits per heavy atom. The molecule has 19 heavy (non-hydrogen) atoms. The number of rotatable bonds is 4. The maximum atomic E-state index is 12.9. The van der Waals surface area contributed by atoms with E-state index in [0.29, 0.717) is 11.5 Å². The SMILES string of the molecule is CNC(Cc1ccc(F)cc1)C1CCC(C)(C)CC1. The van der Waals surface area contributed by atoms with Crippen molar-refractivity contribution in [3.63, 3.8) is 0 Å². The van der Waals surface area contributed by atoms with Crippen LogP contribution in [-0.4, -0.2) is 13.1 Å². The zero-order valence-corrected chi connectivity index (χ0v) is 12.4. The summed E-state index contributed by atoms with van der Waals surface area (Å²) in [6.07, 6.45) is 6.25. The number of nitrogens with one attached hydrogen (secondary N) is 1. The molecule has 1 N–H and O–H groups in total. The quantitative estimate of drug-likeness (QED) is 0.859. The van der Waals surface area contributed by atoms with Gasteiger partial charge in [0.25, 0.3) is 0 Å². The lowest BCUT2D eigenvalue weighted by molar-refractivity contribution is 0.163. The van der Waals surface area contributed by atoms with Gasteiger partial charge in [0.1, 0.15) is 5.82 Å². The largest absolute Gasteiger partial charge is 0.316 e. The van der Waals surface area contributed by atoms with Crippen LogP contribution in [0.25, 0.3) is 0 Å². The van der Waals surface area contributed by atoms with Crippen LogP contribution in [0.1, 0.15) is 45.1 Å². The van der Waals surface area contributed by atoms with E-state index in [1.165, 1.54) is 31.2 Å². The second-order valence-corrected chi connectivity index (χ2v) is 6.73. The minimum atomic E-state index is -0.149. The molecule has 1 atom stereocenters. The molecule has 1 nitrogen and oxygen atoms in total. The molecule has 1 fully saturated rings. The van der Waals surface area contributed by atoms with Crippen LogP contribution in [0.2, 0.25) is 0 Å². The molecule has 0 heterocycles. The molecule has 1 aliphatic rings. The minimum absolute atomic E-state index is 0.149. The number of hydrogen-bond acceptors (Lipinski definition) is 1. The van der Waals surface area contributed by atoms with E-state index in [2.05, 4.69) is 19.2 Å². The molecule has 1 unspecified atom stereocenters. The molecule has 1 saturated carbocycles. The van der Waals surface area contributed by atoms with Gasteiger partial charge in [-0.05, 0) is 68.2 Å². The van der Waals surface area contributed by atoms with Gasteiger partial charge in [-0.2, -0.15) is 0 Å². The standard InChI is InChI=1S/C17H26FN/c1-17(2)10-8-14(9-11-17)16(19-3)12-13-4-6-15(18)7-5-13/h4-7,14,16,19H,8-12H2,1-3H3. The second-order valence-electron chi connectivity index (χ2n) is 6.73. The molecular formula is C17H26FN. The number of likely N-dealkylation sites (N-methyl/N-ethyl adjacent to an activating group) is 1. The first-order valence-electron chi connectivity index (χ1n) is 7.42. The van der Waals surface area contributed by atoms with Crippen molar-refractivity contribution in [2.45, 2.75) is 52.0 Å². The Labute approximate surface area is 116 Å². The Bertz CT molecular complexity index is 386. The Kier molecular flexibility index (Phi) is 4.62. The fourth-order valence-electron chi connectivity index (χ4n) is 3.20. The molecule has 0 amide bonds. The molecule has 2 rings (SSSR count). The third-order valence-electron chi connectivity index (χ3n) is 4.69. The Hall–Kier alpha value is -0.890. The Morgan fingerprint density at radius 3 is 2.32 bits per heavy atom. The van der Waals surface area contributed by atoms with Gasteiger partial charge in [-0.1, -0.05) is 26.0 Å². The van der Waals surface area contributed by atoms with Crippen LogP contribution in [0.3, 0.4) is 0 Å². The van der Waals surface area contributed by atoms with Gasteiger partial charge in [0, 0.05) is 6.04 Å². The van der Waals surface area contributed by atoms with Crippen molar-refractivity contribution < 1.29 is 4.39 Å². The zero-order valence-electron chi connectivity index (χ0n) is 12.4. The summed E-state index contributed by atoms with van der Waals surface area (Å²) in [4.78, 5) is 0. The van der Waals surface area contributed by atoms with Gasteiger partial charge in [0.2, 0.25) is 0 Å². The summed E-state index contributed by atoms with van der Waals surface area (Å²) in [5.41, 5.74) is 1.75. The van der Waals surface area contributed by atoms with E-state index in [-0.39, 0.29) is 5.82 Å². The average molecular weight is 263 g/mol. The van der Waals surface area contributed by atoms with E-state index >= 15 is 0 Å². The van der Waals surface area contributed by atoms with Crippen molar-refractivity contribution in [2.75, 3.05) is 7.05 Å². The Balaban J connectivity index is 1.95. The van der Waals surface area contributed by atoms with Crippen LogP contribution in [0.15, 0.2) is 24.3 Å². The third kappa shape index (κ3) is 4.04. The van der Waals surface area contributed by atoms with E-state index in [9.17, 15) is 4.39 Å². The molecule has 0 radical (unpaired) electrons. The van der Waals surface area contributed by atoms with Crippen LogP contribution in [-0.2, 0) is 6.42 Å². The predicted molar refractivity (Wildman–Crippen MR) is 78.7 cm³/mol. The first-order chi connectivity index (χ1) is 9.00. The van der Waals surface area contributed by atoms with Gasteiger partial charge in [-0.3, -0.25) is 0 Å². The lowest BCUT2D eigenvalue weighted by Gasteiger charge is -2.38. The van der Waals surface area contributed by atoms with Crippen LogP contribution in [0, 0.1) is 17.2 Å². The molecule has 0 aliphatic heterocycles. The van der Waals surface area contributed by atoms with E-state index < -0.39 is 0 Å². The molecule has 1 aromatic carbocycles. The monoisotopic (exact) mass is 263 g/mol. The van der Waals surface area contributed by atoms with E-state index in [4.69, 9.17) is 0 Å². The number of halogens is 1. The highest BCUT2D eigenvalue weighted by molar-refractivity contribution is 5.17. The van der Waals surface area contributed by atoms with Crippen molar-refractivity contribution in [2.24, 2.45) is 11.3 Å². The van der Waals surface area contributed by atoms with Gasteiger partial charge in [-0.15, -0.1) is 0 Å². The van der Waals surface area contributed by atoms with Gasteiger partial charge in [-0.25, -0.2) is 4.39 Å². The fourth-order valence-corrected chi connectivity index (χ4v) is 3.20. The summed E-state index contributed by atoms with van der Waals surface area (Å²) in [5, 5.41) is 3.47. The third-order valence-corrected chi connectivity index (χ3v) is 4.69. The molecule has 0 aromatic heterocycles. The highest BCUT2D eigenvalue weighted by Gasteiger charge is 2.30. The van der Waals surface area contributed by atoms with Crippen molar-refractivity contribution in [1.29, 1.82) is 0 Å². The molecule has 106 valence electrons. The molecule has 0 spiro atoms. The van der Waals surface area contributed by atoms with Gasteiger partial charge in [0.05, 0.1) is 0 Å². The Morgan fingerprint density at radius 2 is 1.79 bits per heavy atom. The maximum absolute atomic E-state index is 12.9. The summed E-state index contributed by atoms with van der Waals surface area (Å²) >= 11 is 0. The van der Waals surface area contributed by atoms with Gasteiger partial charge in [0.15, 0.2) is 0 Å². The van der Waals surface area contributed by atoms with Crippen LogP contribution >= 0.6 is 0 Å². The van der Waals surface area contributed by atoms with Gasteiger partial charge >= 0.3 is 0 Å². The highest BCUT2D eigenvalue weighted by atomic mass is 19.1. The summed E-state index contributed by atoms with van der Waals surface area (Å²) in [7, 11) is 2.05. The molecule has 2 heteroatoms. The summed E-state index contributed by atoms with van der Waals surface area (Å²) in [6.45, 7) is 4.75. The average Bonchev–Trinajstić information content (AvgIpc) is 2.39. The van der Waals surface area contributed by atoms with Crippen molar-refractivity contribution in [3.8, 4) is 0 Å². The summed E-state index contributed by atoms with van der Waals surface area (Å²) in [6, 6.07) is 7.46. The summed E-state index contributed by atoms with van der Waals surface area (Å²) in [5.74, 6) is 0.604. The predicted octanol–water partition coefficient (Wildman–Crippen LogP) is 4.17. The zero-order chi connectivity index (χ0) is 13.9. The fraction of sp³-hybridized carbons (Fsp3) is 0.647. The molecule has 0 bridgehead atoms. The molecular weight excluding hydrogens is 237 g/mol. The molecule has 0 saturated heterocycles. The smallest absolute Gasteiger partial charge is 0.123 e. The van der Waals surface area contributed by atoms with Gasteiger partial charge < -0.3 is 5.32 Å². The molecule has 1 aromatic rings. The van der Waals surface area contributed by atoms with E-state index in [1.54, 1.807) is 12.1 Å². The second kappa shape index (κ2) is 6.04.